The van der Waals surface area contributed by atoms with E-state index in [1.165, 1.54) is 11.8 Å². The van der Waals surface area contributed by atoms with Gasteiger partial charge in [-0.3, -0.25) is 14.4 Å². The lowest BCUT2D eigenvalue weighted by molar-refractivity contribution is -0.143. The summed E-state index contributed by atoms with van der Waals surface area (Å²) in [6.45, 7) is 9.26. The van der Waals surface area contributed by atoms with Gasteiger partial charge in [0.05, 0.1) is 22.2 Å². The maximum absolute atomic E-state index is 13.3. The first-order valence-electron chi connectivity index (χ1n) is 11.0. The second-order valence-electron chi connectivity index (χ2n) is 9.58. The summed E-state index contributed by atoms with van der Waals surface area (Å²) >= 11 is 1.59. The average Bonchev–Trinajstić information content (AvgIpc) is 3.35. The number of aromatic nitrogens is 1. The van der Waals surface area contributed by atoms with Crippen molar-refractivity contribution in [2.24, 2.45) is 5.41 Å². The molecule has 3 atom stereocenters. The van der Waals surface area contributed by atoms with Gasteiger partial charge in [0.25, 0.3) is 0 Å². The van der Waals surface area contributed by atoms with Crippen LogP contribution in [0.1, 0.15) is 45.4 Å². The van der Waals surface area contributed by atoms with Crippen LogP contribution in [0.5, 0.6) is 0 Å². The molecule has 0 radical (unpaired) electrons. The number of carbonyl (C=O) groups is 3. The minimum absolute atomic E-state index is 0.0615. The second-order valence-corrected chi connectivity index (χ2v) is 10.4. The molecule has 0 spiro atoms. The van der Waals surface area contributed by atoms with E-state index < -0.39 is 23.6 Å². The number of likely N-dealkylation sites (tertiary alicyclic amines) is 1. The average molecular weight is 473 g/mol. The smallest absolute Gasteiger partial charge is 0.246 e. The van der Waals surface area contributed by atoms with Gasteiger partial charge in [-0.1, -0.05) is 45.0 Å². The van der Waals surface area contributed by atoms with Crippen molar-refractivity contribution in [2.45, 2.75) is 65.8 Å². The van der Waals surface area contributed by atoms with Crippen LogP contribution >= 0.6 is 11.3 Å². The van der Waals surface area contributed by atoms with Gasteiger partial charge >= 0.3 is 0 Å². The number of carbonyl (C=O) groups excluding carboxylic acids is 3. The molecule has 0 aliphatic carbocycles. The van der Waals surface area contributed by atoms with Crippen molar-refractivity contribution >= 4 is 29.1 Å². The molecule has 9 heteroatoms. The Morgan fingerprint density at radius 2 is 1.91 bits per heavy atom. The molecular weight excluding hydrogens is 440 g/mol. The Morgan fingerprint density at radius 3 is 2.45 bits per heavy atom. The topological polar surface area (TPSA) is 112 Å². The van der Waals surface area contributed by atoms with Gasteiger partial charge in [0.1, 0.15) is 12.1 Å². The molecule has 1 unspecified atom stereocenters. The monoisotopic (exact) mass is 472 g/mol. The molecule has 2 heterocycles. The first-order chi connectivity index (χ1) is 15.5. The Labute approximate surface area is 198 Å². The van der Waals surface area contributed by atoms with Gasteiger partial charge in [0, 0.05) is 26.4 Å². The van der Waals surface area contributed by atoms with E-state index in [2.05, 4.69) is 15.6 Å². The van der Waals surface area contributed by atoms with Crippen LogP contribution in [0.15, 0.2) is 29.8 Å². The van der Waals surface area contributed by atoms with Gasteiger partial charge in [0.15, 0.2) is 0 Å². The third kappa shape index (κ3) is 5.97. The van der Waals surface area contributed by atoms with Crippen LogP contribution < -0.4 is 10.6 Å². The number of hydrogen-bond acceptors (Lipinski definition) is 6. The fourth-order valence-corrected chi connectivity index (χ4v) is 4.80. The Morgan fingerprint density at radius 1 is 1.24 bits per heavy atom. The molecule has 1 saturated heterocycles. The van der Waals surface area contributed by atoms with E-state index in [-0.39, 0.29) is 30.7 Å². The van der Waals surface area contributed by atoms with E-state index in [4.69, 9.17) is 0 Å². The highest BCUT2D eigenvalue weighted by Gasteiger charge is 2.44. The zero-order valence-electron chi connectivity index (χ0n) is 19.7. The summed E-state index contributed by atoms with van der Waals surface area (Å²) in [4.78, 5) is 44.7. The third-order valence-electron chi connectivity index (χ3n) is 5.75. The molecule has 1 aliphatic rings. The van der Waals surface area contributed by atoms with E-state index >= 15 is 0 Å². The van der Waals surface area contributed by atoms with Crippen LogP contribution in [0.3, 0.4) is 0 Å². The van der Waals surface area contributed by atoms with Crippen LogP contribution in [-0.2, 0) is 20.9 Å². The van der Waals surface area contributed by atoms with Gasteiger partial charge < -0.3 is 20.6 Å². The number of benzene rings is 1. The normalized spacial score (nSPS) is 19.3. The number of nitrogens with zero attached hydrogens (tertiary/aromatic N) is 2. The molecule has 8 nitrogen and oxygen atoms in total. The lowest BCUT2D eigenvalue weighted by Crippen LogP contribution is -2.57. The SMILES string of the molecule is CC(=O)N[C@H](C(=O)N1CC(O)C[C@H]1C(=O)NCc1ccc(-c2scnc2C)cc1)C(C)(C)C. The van der Waals surface area contributed by atoms with Gasteiger partial charge in [-0.05, 0) is 23.5 Å². The van der Waals surface area contributed by atoms with Gasteiger partial charge in [-0.25, -0.2) is 4.98 Å². The highest BCUT2D eigenvalue weighted by molar-refractivity contribution is 7.13. The quantitative estimate of drug-likeness (QED) is 0.597. The van der Waals surface area contributed by atoms with Crippen LogP contribution in [0.25, 0.3) is 10.4 Å². The molecule has 0 saturated carbocycles. The van der Waals surface area contributed by atoms with E-state index in [1.54, 1.807) is 11.3 Å². The number of nitrogens with one attached hydrogen (secondary N) is 2. The molecule has 1 aromatic carbocycles. The molecule has 1 aromatic heterocycles. The van der Waals surface area contributed by atoms with E-state index in [0.717, 1.165) is 21.7 Å². The number of hydrogen-bond donors (Lipinski definition) is 3. The Bertz CT molecular complexity index is 1010. The Kier molecular flexibility index (Phi) is 7.54. The lowest BCUT2D eigenvalue weighted by Gasteiger charge is -2.35. The number of aryl methyl sites for hydroxylation is 1. The zero-order valence-corrected chi connectivity index (χ0v) is 20.5. The second kappa shape index (κ2) is 10.0. The fourth-order valence-electron chi connectivity index (χ4n) is 3.98. The zero-order chi connectivity index (χ0) is 24.3. The summed E-state index contributed by atoms with van der Waals surface area (Å²) < 4.78 is 0. The number of β-amino-alcohol motifs (C(OH)–C–C–N with tert-alkyl or cyclic N) is 1. The number of aliphatic hydroxyl groups excluding tert-OH is 1. The maximum Gasteiger partial charge on any atom is 0.246 e. The van der Waals surface area contributed by atoms with Crippen molar-refractivity contribution in [3.05, 3.63) is 41.0 Å². The minimum atomic E-state index is -0.793. The van der Waals surface area contributed by atoms with Crippen LogP contribution in [0.4, 0.5) is 0 Å². The lowest BCUT2D eigenvalue weighted by atomic mass is 9.85. The summed E-state index contributed by atoms with van der Waals surface area (Å²) in [5.41, 5.74) is 4.26. The molecule has 178 valence electrons. The first kappa shape index (κ1) is 24.9. The van der Waals surface area contributed by atoms with Gasteiger partial charge in [0.2, 0.25) is 17.7 Å². The van der Waals surface area contributed by atoms with E-state index in [1.807, 2.05) is 57.5 Å². The minimum Gasteiger partial charge on any atom is -0.391 e. The molecule has 3 N–H and O–H groups in total. The summed E-state index contributed by atoms with van der Waals surface area (Å²) in [5, 5.41) is 15.8. The molecule has 3 amide bonds. The molecule has 1 fully saturated rings. The summed E-state index contributed by atoms with van der Waals surface area (Å²) in [6.07, 6.45) is -0.623. The fraction of sp³-hybridized carbons (Fsp3) is 0.500. The molecule has 3 rings (SSSR count). The molecular formula is C24H32N4O4S. The molecule has 33 heavy (non-hydrogen) atoms. The van der Waals surface area contributed by atoms with Crippen molar-refractivity contribution < 1.29 is 19.5 Å². The number of rotatable bonds is 6. The predicted octanol–water partition coefficient (Wildman–Crippen LogP) is 2.25. The maximum atomic E-state index is 13.3. The first-order valence-corrected chi connectivity index (χ1v) is 11.9. The van der Waals surface area contributed by atoms with Crippen molar-refractivity contribution in [1.82, 2.24) is 20.5 Å². The highest BCUT2D eigenvalue weighted by Crippen LogP contribution is 2.28. The molecule has 0 bridgehead atoms. The predicted molar refractivity (Wildman–Crippen MR) is 127 cm³/mol. The van der Waals surface area contributed by atoms with Crippen LogP contribution in [0.2, 0.25) is 0 Å². The van der Waals surface area contributed by atoms with Crippen molar-refractivity contribution in [1.29, 1.82) is 0 Å². The Balaban J connectivity index is 1.67. The van der Waals surface area contributed by atoms with Crippen LogP contribution in [-0.4, -0.2) is 57.4 Å². The highest BCUT2D eigenvalue weighted by atomic mass is 32.1. The standard InChI is InChI=1S/C24H32N4O4S/c1-14-20(33-13-26-14)17-8-6-16(7-9-17)11-25-22(31)19-10-18(30)12-28(19)23(32)21(24(3,4)5)27-15(2)29/h6-9,13,18-19,21,30H,10-12H2,1-5H3,(H,25,31)(H,27,29)/t18?,19-,21+/m0/s1. The largest absolute Gasteiger partial charge is 0.391 e. The van der Waals surface area contributed by atoms with Gasteiger partial charge in [-0.2, -0.15) is 0 Å². The van der Waals surface area contributed by atoms with Crippen molar-refractivity contribution in [2.75, 3.05) is 6.54 Å². The summed E-state index contributed by atoms with van der Waals surface area (Å²) in [7, 11) is 0. The van der Waals surface area contributed by atoms with Crippen LogP contribution in [0, 0.1) is 12.3 Å². The number of aliphatic hydroxyl groups is 1. The number of thiazole rings is 1. The molecule has 2 aromatic rings. The molecule has 1 aliphatic heterocycles. The Hall–Kier alpha value is -2.78. The summed E-state index contributed by atoms with van der Waals surface area (Å²) in [6, 6.07) is 6.32. The van der Waals surface area contributed by atoms with Crippen molar-refractivity contribution in [3.63, 3.8) is 0 Å². The van der Waals surface area contributed by atoms with Gasteiger partial charge in [-0.15, -0.1) is 11.3 Å². The van der Waals surface area contributed by atoms with E-state index in [0.29, 0.717) is 6.54 Å². The van der Waals surface area contributed by atoms with Crippen molar-refractivity contribution in [3.8, 4) is 10.4 Å². The third-order valence-corrected chi connectivity index (χ3v) is 6.73. The summed E-state index contributed by atoms with van der Waals surface area (Å²) in [5.74, 6) is -1.00. The number of amides is 3. The van der Waals surface area contributed by atoms with E-state index in [9.17, 15) is 19.5 Å².